The van der Waals surface area contributed by atoms with Crippen LogP contribution in [0.2, 0.25) is 0 Å². The Kier molecular flexibility index (Phi) is 8.89. The van der Waals surface area contributed by atoms with Crippen LogP contribution in [0.1, 0.15) is 37.1 Å². The van der Waals surface area contributed by atoms with E-state index in [0.717, 1.165) is 42.1 Å². The highest BCUT2D eigenvalue weighted by Crippen LogP contribution is 2.17. The second kappa shape index (κ2) is 11.8. The van der Waals surface area contributed by atoms with Crippen LogP contribution in [0, 0.1) is 18.7 Å². The molecule has 172 valence electrons. The fourth-order valence-corrected chi connectivity index (χ4v) is 3.74. The van der Waals surface area contributed by atoms with Gasteiger partial charge >= 0.3 is 0 Å². The number of aromatic nitrogens is 1. The molecule has 0 bridgehead atoms. The molecular formula is C27H35FN2O2. The molecule has 1 atom stereocenters. The highest BCUT2D eigenvalue weighted by atomic mass is 19.1. The SMILES string of the molecule is Cc1ccccc1OC[C@H](O)CN(CCC(C)C)Cc1cccn1Cc1cccc(F)c1. The number of aryl methyl sites for hydroxylation is 1. The predicted molar refractivity (Wildman–Crippen MR) is 127 cm³/mol. The number of aliphatic hydroxyl groups excluding tert-OH is 1. The summed E-state index contributed by atoms with van der Waals surface area (Å²) in [6.45, 7) is 9.45. The van der Waals surface area contributed by atoms with Crippen molar-refractivity contribution in [3.8, 4) is 5.75 Å². The minimum atomic E-state index is -0.589. The Hall–Kier alpha value is -2.63. The van der Waals surface area contributed by atoms with E-state index in [4.69, 9.17) is 4.74 Å². The summed E-state index contributed by atoms with van der Waals surface area (Å²) in [5, 5.41) is 10.7. The number of hydrogen-bond acceptors (Lipinski definition) is 3. The van der Waals surface area contributed by atoms with Crippen LogP contribution in [0.25, 0.3) is 0 Å². The summed E-state index contributed by atoms with van der Waals surface area (Å²) < 4.78 is 21.6. The summed E-state index contributed by atoms with van der Waals surface area (Å²) in [7, 11) is 0. The summed E-state index contributed by atoms with van der Waals surface area (Å²) in [6, 6.07) is 18.7. The Bertz CT molecular complexity index is 970. The van der Waals surface area contributed by atoms with Crippen LogP contribution in [0.15, 0.2) is 66.9 Å². The van der Waals surface area contributed by atoms with Gasteiger partial charge in [-0.2, -0.15) is 0 Å². The maximum Gasteiger partial charge on any atom is 0.123 e. The second-order valence-electron chi connectivity index (χ2n) is 8.91. The molecule has 0 aliphatic rings. The fraction of sp³-hybridized carbons (Fsp3) is 0.407. The summed E-state index contributed by atoms with van der Waals surface area (Å²) in [4.78, 5) is 2.28. The first-order valence-electron chi connectivity index (χ1n) is 11.4. The van der Waals surface area contributed by atoms with Crippen LogP contribution < -0.4 is 4.74 Å². The van der Waals surface area contributed by atoms with E-state index in [1.165, 1.54) is 6.07 Å². The van der Waals surface area contributed by atoms with Gasteiger partial charge < -0.3 is 14.4 Å². The third-order valence-corrected chi connectivity index (χ3v) is 5.57. The fourth-order valence-electron chi connectivity index (χ4n) is 3.74. The quantitative estimate of drug-likeness (QED) is 0.418. The van der Waals surface area contributed by atoms with Crippen LogP contribution in [0.3, 0.4) is 0 Å². The predicted octanol–water partition coefficient (Wildman–Crippen LogP) is 5.27. The molecule has 0 aliphatic heterocycles. The molecule has 1 heterocycles. The molecule has 3 aromatic rings. The zero-order valence-electron chi connectivity index (χ0n) is 19.4. The van der Waals surface area contributed by atoms with E-state index in [2.05, 4.69) is 29.4 Å². The van der Waals surface area contributed by atoms with Crippen molar-refractivity contribution in [3.63, 3.8) is 0 Å². The molecule has 0 saturated carbocycles. The van der Waals surface area contributed by atoms with Crippen molar-refractivity contribution in [1.82, 2.24) is 9.47 Å². The highest BCUT2D eigenvalue weighted by molar-refractivity contribution is 5.31. The molecule has 32 heavy (non-hydrogen) atoms. The van der Waals surface area contributed by atoms with Crippen LogP contribution in [0.5, 0.6) is 5.75 Å². The maximum absolute atomic E-state index is 13.6. The first-order valence-corrected chi connectivity index (χ1v) is 11.4. The number of aliphatic hydroxyl groups is 1. The van der Waals surface area contributed by atoms with Gasteiger partial charge in [0.25, 0.3) is 0 Å². The van der Waals surface area contributed by atoms with E-state index in [1.54, 1.807) is 12.1 Å². The maximum atomic E-state index is 13.6. The number of nitrogens with zero attached hydrogens (tertiary/aromatic N) is 2. The number of para-hydroxylation sites is 1. The first-order chi connectivity index (χ1) is 15.4. The molecule has 0 saturated heterocycles. The molecule has 2 aromatic carbocycles. The minimum Gasteiger partial charge on any atom is -0.491 e. The Morgan fingerprint density at radius 1 is 1.06 bits per heavy atom. The van der Waals surface area contributed by atoms with Gasteiger partial charge in [0.2, 0.25) is 0 Å². The normalized spacial score (nSPS) is 12.5. The van der Waals surface area contributed by atoms with Gasteiger partial charge in [-0.1, -0.05) is 44.2 Å². The molecule has 1 N–H and O–H groups in total. The zero-order chi connectivity index (χ0) is 22.9. The van der Waals surface area contributed by atoms with Crippen LogP contribution in [-0.2, 0) is 13.1 Å². The molecule has 0 unspecified atom stereocenters. The van der Waals surface area contributed by atoms with Crippen molar-refractivity contribution in [2.24, 2.45) is 5.92 Å². The lowest BCUT2D eigenvalue weighted by Crippen LogP contribution is -2.36. The van der Waals surface area contributed by atoms with Gasteiger partial charge in [0.05, 0.1) is 0 Å². The second-order valence-corrected chi connectivity index (χ2v) is 8.91. The molecule has 5 heteroatoms. The average molecular weight is 439 g/mol. The standard InChI is InChI=1S/C27H35FN2O2/c1-21(2)13-15-29(19-26(31)20-32-27-12-5-4-8-22(27)3)18-25-11-7-14-30(25)17-23-9-6-10-24(28)16-23/h4-12,14,16,21,26,31H,13,15,17-20H2,1-3H3/t26-/m1/s1. The largest absolute Gasteiger partial charge is 0.491 e. The van der Waals surface area contributed by atoms with Crippen molar-refractivity contribution in [2.75, 3.05) is 19.7 Å². The molecule has 0 radical (unpaired) electrons. The summed E-state index contributed by atoms with van der Waals surface area (Å²) in [5.74, 6) is 1.17. The third kappa shape index (κ3) is 7.50. The topological polar surface area (TPSA) is 37.6 Å². The number of ether oxygens (including phenoxy) is 1. The third-order valence-electron chi connectivity index (χ3n) is 5.57. The Morgan fingerprint density at radius 2 is 1.88 bits per heavy atom. The van der Waals surface area contributed by atoms with Crippen molar-refractivity contribution in [1.29, 1.82) is 0 Å². The van der Waals surface area contributed by atoms with E-state index in [1.807, 2.05) is 49.5 Å². The van der Waals surface area contributed by atoms with Gasteiger partial charge in [-0.05, 0) is 67.3 Å². The molecule has 0 amide bonds. The smallest absolute Gasteiger partial charge is 0.123 e. The van der Waals surface area contributed by atoms with E-state index in [0.29, 0.717) is 19.0 Å². The molecule has 0 fully saturated rings. The lowest BCUT2D eigenvalue weighted by atomic mass is 10.1. The van der Waals surface area contributed by atoms with E-state index in [9.17, 15) is 9.50 Å². The molecule has 1 aromatic heterocycles. The average Bonchev–Trinajstić information content (AvgIpc) is 3.18. The van der Waals surface area contributed by atoms with Gasteiger partial charge in [-0.25, -0.2) is 4.39 Å². The van der Waals surface area contributed by atoms with Crippen molar-refractivity contribution < 1.29 is 14.2 Å². The first kappa shape index (κ1) is 24.0. The van der Waals surface area contributed by atoms with Gasteiger partial charge in [-0.15, -0.1) is 0 Å². The highest BCUT2D eigenvalue weighted by Gasteiger charge is 2.16. The van der Waals surface area contributed by atoms with E-state index >= 15 is 0 Å². The number of hydrogen-bond donors (Lipinski definition) is 1. The Balaban J connectivity index is 1.63. The lowest BCUT2D eigenvalue weighted by molar-refractivity contribution is 0.0629. The summed E-state index contributed by atoms with van der Waals surface area (Å²) in [5.41, 5.74) is 3.14. The van der Waals surface area contributed by atoms with Crippen LogP contribution in [0.4, 0.5) is 4.39 Å². The van der Waals surface area contributed by atoms with Crippen molar-refractivity contribution in [3.05, 3.63) is 89.5 Å². The molecule has 0 aliphatic carbocycles. The van der Waals surface area contributed by atoms with Gasteiger partial charge in [0.1, 0.15) is 24.3 Å². The molecular weight excluding hydrogens is 403 g/mol. The summed E-state index contributed by atoms with van der Waals surface area (Å²) >= 11 is 0. The number of halogens is 1. The molecule has 3 rings (SSSR count). The minimum absolute atomic E-state index is 0.216. The van der Waals surface area contributed by atoms with Crippen molar-refractivity contribution in [2.45, 2.75) is 46.4 Å². The van der Waals surface area contributed by atoms with E-state index < -0.39 is 6.10 Å². The van der Waals surface area contributed by atoms with Crippen molar-refractivity contribution >= 4 is 0 Å². The monoisotopic (exact) mass is 438 g/mol. The number of rotatable bonds is 12. The van der Waals surface area contributed by atoms with Gasteiger partial charge in [-0.3, -0.25) is 4.90 Å². The zero-order valence-corrected chi connectivity index (χ0v) is 19.4. The Morgan fingerprint density at radius 3 is 2.62 bits per heavy atom. The van der Waals surface area contributed by atoms with Gasteiger partial charge in [0, 0.05) is 31.5 Å². The molecule has 4 nitrogen and oxygen atoms in total. The van der Waals surface area contributed by atoms with E-state index in [-0.39, 0.29) is 12.4 Å². The van der Waals surface area contributed by atoms with Crippen LogP contribution in [-0.4, -0.2) is 40.4 Å². The van der Waals surface area contributed by atoms with Gasteiger partial charge in [0.15, 0.2) is 0 Å². The summed E-state index contributed by atoms with van der Waals surface area (Å²) in [6.07, 6.45) is 2.49. The lowest BCUT2D eigenvalue weighted by Gasteiger charge is -2.26. The molecule has 0 spiro atoms. The number of benzene rings is 2. The van der Waals surface area contributed by atoms with Crippen LogP contribution >= 0.6 is 0 Å². The Labute approximate surface area is 191 Å².